The van der Waals surface area contributed by atoms with Crippen LogP contribution in [-0.4, -0.2) is 65.4 Å². The van der Waals surface area contributed by atoms with Crippen LogP contribution in [0.5, 0.6) is 0 Å². The number of rotatable bonds is 6. The van der Waals surface area contributed by atoms with Crippen LogP contribution in [0.3, 0.4) is 0 Å². The minimum Gasteiger partial charge on any atom is -0.350 e. The van der Waals surface area contributed by atoms with Gasteiger partial charge in [-0.2, -0.15) is 0 Å². The number of hydrogen-bond donors (Lipinski definition) is 2. The van der Waals surface area contributed by atoms with Gasteiger partial charge in [-0.3, -0.25) is 19.4 Å². The fourth-order valence-electron chi connectivity index (χ4n) is 4.91. The average molecular weight is 399 g/mol. The van der Waals surface area contributed by atoms with Crippen molar-refractivity contribution >= 4 is 17.8 Å². The normalized spacial score (nSPS) is 24.1. The Bertz CT molecular complexity index is 761. The maximum atomic E-state index is 12.8. The van der Waals surface area contributed by atoms with Crippen LogP contribution in [-0.2, 0) is 4.79 Å². The van der Waals surface area contributed by atoms with Crippen molar-refractivity contribution in [2.45, 2.75) is 56.5 Å². The first-order chi connectivity index (χ1) is 14.1. The van der Waals surface area contributed by atoms with Crippen LogP contribution in [0.2, 0.25) is 0 Å². The molecule has 4 amide bonds. The molecule has 2 aliphatic heterocycles. The van der Waals surface area contributed by atoms with Gasteiger partial charge in [-0.15, -0.1) is 0 Å². The van der Waals surface area contributed by atoms with Gasteiger partial charge < -0.3 is 10.6 Å². The molecule has 1 atom stereocenters. The van der Waals surface area contributed by atoms with E-state index in [9.17, 15) is 14.4 Å². The van der Waals surface area contributed by atoms with Gasteiger partial charge in [-0.05, 0) is 44.4 Å². The van der Waals surface area contributed by atoms with Crippen LogP contribution in [0.15, 0.2) is 30.3 Å². The first-order valence-electron chi connectivity index (χ1n) is 10.8. The maximum Gasteiger partial charge on any atom is 0.325 e. The van der Waals surface area contributed by atoms with E-state index in [1.54, 1.807) is 0 Å². The van der Waals surface area contributed by atoms with Gasteiger partial charge in [0.05, 0.1) is 0 Å². The molecule has 2 saturated heterocycles. The van der Waals surface area contributed by atoms with Crippen LogP contribution >= 0.6 is 0 Å². The molecule has 4 rings (SSSR count). The Morgan fingerprint density at radius 2 is 1.83 bits per heavy atom. The molecule has 3 fully saturated rings. The molecular weight excluding hydrogens is 368 g/mol. The molecule has 7 nitrogen and oxygen atoms in total. The van der Waals surface area contributed by atoms with E-state index >= 15 is 0 Å². The third-order valence-corrected chi connectivity index (χ3v) is 6.60. The molecule has 2 heterocycles. The number of piperidine rings is 1. The van der Waals surface area contributed by atoms with Crippen molar-refractivity contribution in [1.82, 2.24) is 20.4 Å². The molecule has 0 aromatic heterocycles. The quantitative estimate of drug-likeness (QED) is 0.720. The zero-order chi connectivity index (χ0) is 20.3. The first-order valence-corrected chi connectivity index (χ1v) is 10.8. The number of urea groups is 1. The molecule has 1 aromatic rings. The number of benzene rings is 1. The standard InChI is InChI=1S/C22H30N4O3/c27-19(17-8-2-1-3-9-17)23-16-18-10-4-7-13-25(18)14-15-26-20(28)22(24-21(26)29)11-5-6-12-22/h1-3,8-9,18H,4-7,10-16H2,(H,23,27)(H,24,29). The minimum absolute atomic E-state index is 0.0501. The highest BCUT2D eigenvalue weighted by molar-refractivity contribution is 6.07. The molecule has 0 bridgehead atoms. The smallest absolute Gasteiger partial charge is 0.325 e. The summed E-state index contributed by atoms with van der Waals surface area (Å²) in [5.74, 6) is -0.112. The number of carbonyl (C=O) groups is 3. The Kier molecular flexibility index (Phi) is 5.85. The van der Waals surface area contributed by atoms with E-state index in [1.165, 1.54) is 4.90 Å². The minimum atomic E-state index is -0.637. The number of carbonyl (C=O) groups excluding carboxylic acids is 3. The molecule has 1 aromatic carbocycles. The topological polar surface area (TPSA) is 81.8 Å². The Balaban J connectivity index is 1.32. The van der Waals surface area contributed by atoms with Crippen molar-refractivity contribution < 1.29 is 14.4 Å². The summed E-state index contributed by atoms with van der Waals surface area (Å²) in [6, 6.07) is 9.22. The fourth-order valence-corrected chi connectivity index (χ4v) is 4.91. The van der Waals surface area contributed by atoms with Gasteiger partial charge in [0.1, 0.15) is 5.54 Å². The lowest BCUT2D eigenvalue weighted by molar-refractivity contribution is -0.131. The van der Waals surface area contributed by atoms with E-state index in [0.29, 0.717) is 25.2 Å². The van der Waals surface area contributed by atoms with Crippen molar-refractivity contribution in [3.8, 4) is 0 Å². The predicted octanol–water partition coefficient (Wildman–Crippen LogP) is 2.14. The Hall–Kier alpha value is -2.41. The monoisotopic (exact) mass is 398 g/mol. The molecule has 0 radical (unpaired) electrons. The molecule has 7 heteroatoms. The lowest BCUT2D eigenvalue weighted by atomic mass is 9.98. The van der Waals surface area contributed by atoms with Crippen molar-refractivity contribution in [1.29, 1.82) is 0 Å². The molecule has 156 valence electrons. The summed E-state index contributed by atoms with van der Waals surface area (Å²) in [5, 5.41) is 5.99. The molecule has 2 N–H and O–H groups in total. The van der Waals surface area contributed by atoms with E-state index in [4.69, 9.17) is 0 Å². The van der Waals surface area contributed by atoms with Gasteiger partial charge in [0.25, 0.3) is 11.8 Å². The Labute approximate surface area is 171 Å². The summed E-state index contributed by atoms with van der Waals surface area (Å²) in [6.45, 7) is 2.58. The Morgan fingerprint density at radius 3 is 2.59 bits per heavy atom. The lowest BCUT2D eigenvalue weighted by Gasteiger charge is -2.36. The molecular formula is C22H30N4O3. The number of nitrogens with one attached hydrogen (secondary N) is 2. The van der Waals surface area contributed by atoms with Crippen molar-refractivity contribution in [2.24, 2.45) is 0 Å². The molecule has 1 saturated carbocycles. The maximum absolute atomic E-state index is 12.8. The first kappa shape index (κ1) is 19.9. The highest BCUT2D eigenvalue weighted by atomic mass is 16.2. The van der Waals surface area contributed by atoms with Crippen LogP contribution in [0.1, 0.15) is 55.3 Å². The van der Waals surface area contributed by atoms with Crippen molar-refractivity contribution in [3.63, 3.8) is 0 Å². The van der Waals surface area contributed by atoms with Crippen molar-refractivity contribution in [2.75, 3.05) is 26.2 Å². The van der Waals surface area contributed by atoms with E-state index in [1.807, 2.05) is 30.3 Å². The number of amides is 4. The third-order valence-electron chi connectivity index (χ3n) is 6.60. The fraction of sp³-hybridized carbons (Fsp3) is 0.591. The summed E-state index contributed by atoms with van der Waals surface area (Å²) < 4.78 is 0. The Morgan fingerprint density at radius 1 is 1.07 bits per heavy atom. The second kappa shape index (κ2) is 8.53. The van der Waals surface area contributed by atoms with E-state index in [2.05, 4.69) is 15.5 Å². The molecule has 3 aliphatic rings. The summed E-state index contributed by atoms with van der Waals surface area (Å²) in [4.78, 5) is 41.3. The summed E-state index contributed by atoms with van der Waals surface area (Å²) in [6.07, 6.45) is 6.75. The predicted molar refractivity (Wildman–Crippen MR) is 109 cm³/mol. The van der Waals surface area contributed by atoms with E-state index in [-0.39, 0.29) is 23.9 Å². The van der Waals surface area contributed by atoms with Gasteiger partial charge in [0.15, 0.2) is 0 Å². The van der Waals surface area contributed by atoms with Gasteiger partial charge in [0.2, 0.25) is 0 Å². The van der Waals surface area contributed by atoms with Crippen LogP contribution in [0.25, 0.3) is 0 Å². The summed E-state index contributed by atoms with van der Waals surface area (Å²) in [5.41, 5.74) is 0.0262. The lowest BCUT2D eigenvalue weighted by Crippen LogP contribution is -2.50. The van der Waals surface area contributed by atoms with Gasteiger partial charge in [-0.1, -0.05) is 37.5 Å². The van der Waals surface area contributed by atoms with Gasteiger partial charge in [0, 0.05) is 31.2 Å². The number of likely N-dealkylation sites (tertiary alicyclic amines) is 1. The summed E-state index contributed by atoms with van der Waals surface area (Å²) in [7, 11) is 0. The second-order valence-corrected chi connectivity index (χ2v) is 8.44. The zero-order valence-electron chi connectivity index (χ0n) is 16.9. The zero-order valence-corrected chi connectivity index (χ0v) is 16.9. The second-order valence-electron chi connectivity index (χ2n) is 8.44. The number of nitrogens with zero attached hydrogens (tertiary/aromatic N) is 2. The van der Waals surface area contributed by atoms with Crippen LogP contribution < -0.4 is 10.6 Å². The molecule has 1 unspecified atom stereocenters. The van der Waals surface area contributed by atoms with Crippen LogP contribution in [0.4, 0.5) is 4.79 Å². The largest absolute Gasteiger partial charge is 0.350 e. The highest BCUT2D eigenvalue weighted by Gasteiger charge is 2.52. The molecule has 1 spiro atoms. The average Bonchev–Trinajstić information content (AvgIpc) is 3.31. The number of hydrogen-bond acceptors (Lipinski definition) is 4. The van der Waals surface area contributed by atoms with E-state index in [0.717, 1.165) is 51.5 Å². The SMILES string of the molecule is O=C(NCC1CCCCN1CCN1C(=O)NC2(CCCC2)C1=O)c1ccccc1. The van der Waals surface area contributed by atoms with Crippen LogP contribution in [0, 0.1) is 0 Å². The highest BCUT2D eigenvalue weighted by Crippen LogP contribution is 2.35. The van der Waals surface area contributed by atoms with Gasteiger partial charge >= 0.3 is 6.03 Å². The third kappa shape index (κ3) is 4.15. The van der Waals surface area contributed by atoms with Gasteiger partial charge in [-0.25, -0.2) is 4.79 Å². The van der Waals surface area contributed by atoms with Crippen molar-refractivity contribution in [3.05, 3.63) is 35.9 Å². The number of imide groups is 1. The molecule has 1 aliphatic carbocycles. The summed E-state index contributed by atoms with van der Waals surface area (Å²) >= 11 is 0. The molecule has 29 heavy (non-hydrogen) atoms. The van der Waals surface area contributed by atoms with E-state index < -0.39 is 5.54 Å².